The molecule has 0 saturated carbocycles. The fraction of sp³-hybridized carbons (Fsp3) is 0.308. The molecule has 0 aliphatic heterocycles. The number of benzene rings is 1. The zero-order valence-corrected chi connectivity index (χ0v) is 11.5. The minimum absolute atomic E-state index is 0.417. The lowest BCUT2D eigenvalue weighted by Crippen LogP contribution is -2.05. The number of aromatic nitrogens is 2. The molecule has 1 aromatic carbocycles. The molecule has 0 bridgehead atoms. The quantitative estimate of drug-likeness (QED) is 0.928. The van der Waals surface area contributed by atoms with Crippen molar-refractivity contribution in [3.63, 3.8) is 0 Å². The van der Waals surface area contributed by atoms with E-state index in [-0.39, 0.29) is 0 Å². The number of hydrogen-bond donors (Lipinski definition) is 1. The first-order chi connectivity index (χ1) is 8.58. The molecule has 0 atom stereocenters. The fourth-order valence-electron chi connectivity index (χ4n) is 1.96. The standard InChI is InChI=1S/C13H16ClN3O/c1-8-4-13(18-3)9(5-11(8)14)10-7-16-17(2)12(10)6-15/h4-5,7H,6,15H2,1-3H3. The van der Waals surface area contributed by atoms with E-state index >= 15 is 0 Å². The highest BCUT2D eigenvalue weighted by atomic mass is 35.5. The van der Waals surface area contributed by atoms with Crippen molar-refractivity contribution in [3.8, 4) is 16.9 Å². The molecule has 18 heavy (non-hydrogen) atoms. The van der Waals surface area contributed by atoms with Crippen molar-refractivity contribution in [3.05, 3.63) is 34.6 Å². The Balaban J connectivity index is 2.66. The highest BCUT2D eigenvalue weighted by Crippen LogP contribution is 2.36. The highest BCUT2D eigenvalue weighted by molar-refractivity contribution is 6.31. The Labute approximate surface area is 111 Å². The van der Waals surface area contributed by atoms with Gasteiger partial charge >= 0.3 is 0 Å². The maximum absolute atomic E-state index is 6.18. The molecule has 2 rings (SSSR count). The van der Waals surface area contributed by atoms with Gasteiger partial charge in [0.15, 0.2) is 0 Å². The van der Waals surface area contributed by atoms with Gasteiger partial charge in [-0.3, -0.25) is 4.68 Å². The van der Waals surface area contributed by atoms with Gasteiger partial charge in [0.1, 0.15) is 5.75 Å². The Kier molecular flexibility index (Phi) is 3.59. The number of ether oxygens (including phenoxy) is 1. The van der Waals surface area contributed by atoms with Gasteiger partial charge in [0.25, 0.3) is 0 Å². The second kappa shape index (κ2) is 5.00. The first kappa shape index (κ1) is 12.9. The molecular formula is C13H16ClN3O. The molecule has 1 heterocycles. The van der Waals surface area contributed by atoms with Crippen LogP contribution >= 0.6 is 11.6 Å². The van der Waals surface area contributed by atoms with Gasteiger partial charge in [0.05, 0.1) is 19.0 Å². The monoisotopic (exact) mass is 265 g/mol. The first-order valence-corrected chi connectivity index (χ1v) is 6.01. The molecule has 2 N–H and O–H groups in total. The third-order valence-corrected chi connectivity index (χ3v) is 3.43. The topological polar surface area (TPSA) is 53.1 Å². The van der Waals surface area contributed by atoms with Crippen LogP contribution in [-0.4, -0.2) is 16.9 Å². The molecule has 0 unspecified atom stereocenters. The molecule has 1 aromatic heterocycles. The van der Waals surface area contributed by atoms with Crippen LogP contribution in [0.3, 0.4) is 0 Å². The summed E-state index contributed by atoms with van der Waals surface area (Å²) in [6, 6.07) is 3.82. The molecule has 5 heteroatoms. The predicted octanol–water partition coefficient (Wildman–Crippen LogP) is 2.52. The fourth-order valence-corrected chi connectivity index (χ4v) is 2.13. The van der Waals surface area contributed by atoms with Crippen LogP contribution in [0.1, 0.15) is 11.3 Å². The summed E-state index contributed by atoms with van der Waals surface area (Å²) in [6.07, 6.45) is 1.78. The van der Waals surface area contributed by atoms with Crippen LogP contribution in [0.25, 0.3) is 11.1 Å². The molecule has 0 saturated heterocycles. The average Bonchev–Trinajstić information content (AvgIpc) is 2.73. The molecule has 0 aliphatic carbocycles. The Morgan fingerprint density at radius 3 is 2.72 bits per heavy atom. The Hall–Kier alpha value is -1.52. The van der Waals surface area contributed by atoms with Gasteiger partial charge in [-0.25, -0.2) is 0 Å². The van der Waals surface area contributed by atoms with Gasteiger partial charge in [-0.15, -0.1) is 0 Å². The molecule has 96 valence electrons. The number of rotatable bonds is 3. The van der Waals surface area contributed by atoms with Gasteiger partial charge in [-0.2, -0.15) is 5.10 Å². The minimum Gasteiger partial charge on any atom is -0.496 e. The molecule has 0 radical (unpaired) electrons. The predicted molar refractivity (Wildman–Crippen MR) is 72.8 cm³/mol. The van der Waals surface area contributed by atoms with Crippen molar-refractivity contribution >= 4 is 11.6 Å². The molecular weight excluding hydrogens is 250 g/mol. The van der Waals surface area contributed by atoms with E-state index in [0.29, 0.717) is 11.6 Å². The summed E-state index contributed by atoms with van der Waals surface area (Å²) >= 11 is 6.18. The molecule has 4 nitrogen and oxygen atoms in total. The molecule has 0 aliphatic rings. The van der Waals surface area contributed by atoms with Crippen molar-refractivity contribution in [2.24, 2.45) is 12.8 Å². The zero-order valence-electron chi connectivity index (χ0n) is 10.7. The Bertz CT molecular complexity index is 578. The summed E-state index contributed by atoms with van der Waals surface area (Å²) in [5, 5.41) is 4.94. The van der Waals surface area contributed by atoms with Crippen molar-refractivity contribution < 1.29 is 4.74 Å². The van der Waals surface area contributed by atoms with Gasteiger partial charge < -0.3 is 10.5 Å². The van der Waals surface area contributed by atoms with Crippen molar-refractivity contribution in [2.75, 3.05) is 7.11 Å². The summed E-state index contributed by atoms with van der Waals surface area (Å²) in [4.78, 5) is 0. The lowest BCUT2D eigenvalue weighted by molar-refractivity contribution is 0.416. The van der Waals surface area contributed by atoms with Crippen LogP contribution in [-0.2, 0) is 13.6 Å². The van der Waals surface area contributed by atoms with Crippen molar-refractivity contribution in [1.82, 2.24) is 9.78 Å². The number of nitrogens with zero attached hydrogens (tertiary/aromatic N) is 2. The van der Waals surface area contributed by atoms with E-state index in [2.05, 4.69) is 5.10 Å². The molecule has 0 amide bonds. The van der Waals surface area contributed by atoms with Crippen LogP contribution in [0.2, 0.25) is 5.02 Å². The van der Waals surface area contributed by atoms with E-state index < -0.39 is 0 Å². The third kappa shape index (κ3) is 2.09. The number of aryl methyl sites for hydroxylation is 2. The van der Waals surface area contributed by atoms with Crippen LogP contribution in [0.5, 0.6) is 5.75 Å². The first-order valence-electron chi connectivity index (χ1n) is 5.64. The number of hydrogen-bond acceptors (Lipinski definition) is 3. The normalized spacial score (nSPS) is 10.7. The second-order valence-electron chi connectivity index (χ2n) is 4.13. The van der Waals surface area contributed by atoms with Gasteiger partial charge in [0, 0.05) is 29.7 Å². The van der Waals surface area contributed by atoms with Gasteiger partial charge in [0.2, 0.25) is 0 Å². The van der Waals surface area contributed by atoms with Crippen molar-refractivity contribution in [2.45, 2.75) is 13.5 Å². The number of methoxy groups -OCH3 is 1. The summed E-state index contributed by atoms with van der Waals surface area (Å²) < 4.78 is 7.17. The van der Waals surface area contributed by atoms with Gasteiger partial charge in [-0.05, 0) is 24.6 Å². The largest absolute Gasteiger partial charge is 0.496 e. The Morgan fingerprint density at radius 1 is 1.39 bits per heavy atom. The number of halogens is 1. The van der Waals surface area contributed by atoms with Crippen LogP contribution in [0, 0.1) is 6.92 Å². The lowest BCUT2D eigenvalue weighted by Gasteiger charge is -2.11. The minimum atomic E-state index is 0.417. The molecule has 0 fully saturated rings. The SMILES string of the molecule is COc1cc(C)c(Cl)cc1-c1cnn(C)c1CN. The molecule has 2 aromatic rings. The maximum Gasteiger partial charge on any atom is 0.127 e. The van der Waals surface area contributed by atoms with E-state index in [0.717, 1.165) is 28.1 Å². The summed E-state index contributed by atoms with van der Waals surface area (Å²) in [5.74, 6) is 0.777. The molecule has 0 spiro atoms. The van der Waals surface area contributed by atoms with Gasteiger partial charge in [-0.1, -0.05) is 11.6 Å². The highest BCUT2D eigenvalue weighted by Gasteiger charge is 2.15. The number of nitrogens with two attached hydrogens (primary N) is 1. The summed E-state index contributed by atoms with van der Waals surface area (Å²) in [6.45, 7) is 2.36. The second-order valence-corrected chi connectivity index (χ2v) is 4.54. The van der Waals surface area contributed by atoms with E-state index in [9.17, 15) is 0 Å². The van der Waals surface area contributed by atoms with Crippen LogP contribution in [0.15, 0.2) is 18.3 Å². The maximum atomic E-state index is 6.18. The Morgan fingerprint density at radius 2 is 2.11 bits per heavy atom. The van der Waals surface area contributed by atoms with Crippen LogP contribution in [0.4, 0.5) is 0 Å². The van der Waals surface area contributed by atoms with E-state index in [4.69, 9.17) is 22.1 Å². The third-order valence-electron chi connectivity index (χ3n) is 3.03. The smallest absolute Gasteiger partial charge is 0.127 e. The van der Waals surface area contributed by atoms with Crippen LogP contribution < -0.4 is 10.5 Å². The lowest BCUT2D eigenvalue weighted by atomic mass is 10.0. The summed E-state index contributed by atoms with van der Waals surface area (Å²) in [5.41, 5.74) is 9.57. The van der Waals surface area contributed by atoms with Crippen molar-refractivity contribution in [1.29, 1.82) is 0 Å². The summed E-state index contributed by atoms with van der Waals surface area (Å²) in [7, 11) is 3.51. The van der Waals surface area contributed by atoms with E-state index in [1.807, 2.05) is 26.1 Å². The average molecular weight is 266 g/mol. The zero-order chi connectivity index (χ0) is 13.3. The van der Waals surface area contributed by atoms with E-state index in [1.165, 1.54) is 0 Å². The van der Waals surface area contributed by atoms with E-state index in [1.54, 1.807) is 18.0 Å².